The first-order valence-electron chi connectivity index (χ1n) is 7.81. The molecule has 0 aromatic rings. The van der Waals surface area contributed by atoms with Crippen LogP contribution in [0.5, 0.6) is 0 Å². The quantitative estimate of drug-likeness (QED) is 0.258. The fourth-order valence-electron chi connectivity index (χ4n) is 3.28. The second kappa shape index (κ2) is 8.32. The molecule has 2 aliphatic rings. The van der Waals surface area contributed by atoms with E-state index in [9.17, 15) is 35.7 Å². The van der Waals surface area contributed by atoms with Gasteiger partial charge in [0.2, 0.25) is 0 Å². The fourth-order valence-corrected chi connectivity index (χ4v) is 3.28. The molecule has 0 spiro atoms. The molecule has 0 unspecified atom stereocenters. The van der Waals surface area contributed by atoms with Crippen molar-refractivity contribution < 1.29 is 50.0 Å². The van der Waals surface area contributed by atoms with Crippen LogP contribution in [0.3, 0.4) is 0 Å². The molecule has 2 fully saturated rings. The van der Waals surface area contributed by atoms with Gasteiger partial charge in [-0.05, 0) is 6.42 Å². The van der Waals surface area contributed by atoms with Gasteiger partial charge in [0, 0.05) is 13.0 Å². The van der Waals surface area contributed by atoms with Gasteiger partial charge in [-0.15, -0.1) is 0 Å². The van der Waals surface area contributed by atoms with Gasteiger partial charge in [-0.1, -0.05) is 0 Å². The van der Waals surface area contributed by atoms with Crippen LogP contribution in [0.15, 0.2) is 0 Å². The lowest BCUT2D eigenvalue weighted by Crippen LogP contribution is -2.61. The molecule has 0 radical (unpaired) electrons. The van der Waals surface area contributed by atoms with E-state index >= 15 is 0 Å². The Morgan fingerprint density at radius 1 is 0.708 bits per heavy atom. The van der Waals surface area contributed by atoms with Crippen molar-refractivity contribution in [2.24, 2.45) is 5.92 Å². The summed E-state index contributed by atoms with van der Waals surface area (Å²) in [6.07, 6.45) is -11.3. The van der Waals surface area contributed by atoms with Crippen molar-refractivity contribution in [1.29, 1.82) is 0 Å². The number of ether oxygens (including phenoxy) is 3. The largest absolute Gasteiger partial charge is 0.394 e. The average molecular weight is 354 g/mol. The summed E-state index contributed by atoms with van der Waals surface area (Å²) in [5.74, 6) is -0.887. The second-order valence-electron chi connectivity index (χ2n) is 6.21. The lowest BCUT2D eigenvalue weighted by Gasteiger charge is -2.45. The third-order valence-corrected chi connectivity index (χ3v) is 4.75. The molecule has 24 heavy (non-hydrogen) atoms. The molecule has 10 nitrogen and oxygen atoms in total. The molecular formula is C14H26O10. The molecule has 142 valence electrons. The Morgan fingerprint density at radius 3 is 1.79 bits per heavy atom. The topological polar surface area (TPSA) is 169 Å². The molecule has 2 rings (SSSR count). The van der Waals surface area contributed by atoms with Crippen LogP contribution < -0.4 is 0 Å². The minimum atomic E-state index is -1.54. The zero-order valence-electron chi connectivity index (χ0n) is 13.3. The molecule has 0 aromatic heterocycles. The van der Waals surface area contributed by atoms with Crippen LogP contribution in [0.1, 0.15) is 6.42 Å². The molecule has 0 aromatic carbocycles. The van der Waals surface area contributed by atoms with E-state index in [0.717, 1.165) is 0 Å². The molecule has 2 saturated heterocycles. The van der Waals surface area contributed by atoms with Crippen molar-refractivity contribution >= 4 is 0 Å². The zero-order chi connectivity index (χ0) is 18.0. The van der Waals surface area contributed by atoms with Crippen molar-refractivity contribution in [1.82, 2.24) is 0 Å². The summed E-state index contributed by atoms with van der Waals surface area (Å²) in [7, 11) is 1.30. The SMILES string of the molecule is CO[C@H]1O[C@H](CO)[C@@H](O)[C@H](C[C@H]2O[C@H](CO)[C@@H](O)[C@H](O)[C@@H]2O)[C@@H]1O. The standard InChI is InChI=1S/C14H26O10/c1-22-14-10(18)5(9(17)7(3-15)24-14)2-6-11(19)13(21)12(20)8(4-16)23-6/h5-21H,2-4H2,1H3/t5-,6+,7+,8+,9-,10-,11+,12+,13+,14-/m0/s1. The smallest absolute Gasteiger partial charge is 0.184 e. The van der Waals surface area contributed by atoms with Crippen molar-refractivity contribution in [3.8, 4) is 0 Å². The van der Waals surface area contributed by atoms with E-state index in [1.54, 1.807) is 0 Å². The molecule has 0 saturated carbocycles. The van der Waals surface area contributed by atoms with Crippen molar-refractivity contribution in [2.75, 3.05) is 20.3 Å². The summed E-state index contributed by atoms with van der Waals surface area (Å²) in [5.41, 5.74) is 0. The predicted molar refractivity (Wildman–Crippen MR) is 76.6 cm³/mol. The Balaban J connectivity index is 2.14. The Labute approximate surface area is 138 Å². The molecule has 0 aliphatic carbocycles. The molecule has 0 amide bonds. The van der Waals surface area contributed by atoms with E-state index in [-0.39, 0.29) is 6.42 Å². The van der Waals surface area contributed by atoms with E-state index in [2.05, 4.69) is 0 Å². The minimum Gasteiger partial charge on any atom is -0.394 e. The second-order valence-corrected chi connectivity index (χ2v) is 6.21. The van der Waals surface area contributed by atoms with Gasteiger partial charge in [0.05, 0.1) is 25.4 Å². The van der Waals surface area contributed by atoms with E-state index in [0.29, 0.717) is 0 Å². The Kier molecular flexibility index (Phi) is 6.90. The van der Waals surface area contributed by atoms with Crippen LogP contribution >= 0.6 is 0 Å². The number of aliphatic hydroxyl groups excluding tert-OH is 7. The Hall–Kier alpha value is -0.400. The lowest BCUT2D eigenvalue weighted by molar-refractivity contribution is -0.293. The fraction of sp³-hybridized carbons (Fsp3) is 1.00. The number of aliphatic hydroxyl groups is 7. The molecule has 0 bridgehead atoms. The molecule has 10 atom stereocenters. The van der Waals surface area contributed by atoms with E-state index in [1.165, 1.54) is 7.11 Å². The molecule has 2 heterocycles. The molecule has 2 aliphatic heterocycles. The Morgan fingerprint density at radius 2 is 1.25 bits per heavy atom. The van der Waals surface area contributed by atoms with Gasteiger partial charge in [0.25, 0.3) is 0 Å². The van der Waals surface area contributed by atoms with Crippen LogP contribution in [0, 0.1) is 5.92 Å². The Bertz CT molecular complexity index is 378. The van der Waals surface area contributed by atoms with Gasteiger partial charge in [0.15, 0.2) is 6.29 Å². The van der Waals surface area contributed by atoms with Gasteiger partial charge in [0.1, 0.15) is 36.6 Å². The monoisotopic (exact) mass is 354 g/mol. The van der Waals surface area contributed by atoms with Crippen molar-refractivity contribution in [3.63, 3.8) is 0 Å². The van der Waals surface area contributed by atoms with Gasteiger partial charge in [-0.2, -0.15) is 0 Å². The number of methoxy groups -OCH3 is 1. The van der Waals surface area contributed by atoms with Crippen LogP contribution in [-0.2, 0) is 14.2 Å². The first kappa shape index (κ1) is 19.9. The summed E-state index contributed by atoms with van der Waals surface area (Å²) in [5, 5.41) is 68.7. The van der Waals surface area contributed by atoms with Crippen molar-refractivity contribution in [3.05, 3.63) is 0 Å². The van der Waals surface area contributed by atoms with Crippen LogP contribution in [0.25, 0.3) is 0 Å². The van der Waals surface area contributed by atoms with E-state index < -0.39 is 74.3 Å². The summed E-state index contributed by atoms with van der Waals surface area (Å²) in [6, 6.07) is 0. The predicted octanol–water partition coefficient (Wildman–Crippen LogP) is -4.08. The molecule has 7 N–H and O–H groups in total. The average Bonchev–Trinajstić information content (AvgIpc) is 2.58. The van der Waals surface area contributed by atoms with Gasteiger partial charge in [-0.3, -0.25) is 0 Å². The zero-order valence-corrected chi connectivity index (χ0v) is 13.3. The van der Waals surface area contributed by atoms with Crippen molar-refractivity contribution in [2.45, 2.75) is 61.5 Å². The maximum absolute atomic E-state index is 10.3. The highest BCUT2D eigenvalue weighted by molar-refractivity contribution is 4.96. The van der Waals surface area contributed by atoms with Gasteiger partial charge in [-0.25, -0.2) is 0 Å². The van der Waals surface area contributed by atoms with Crippen LogP contribution in [0.4, 0.5) is 0 Å². The first-order chi connectivity index (χ1) is 11.3. The first-order valence-corrected chi connectivity index (χ1v) is 7.81. The highest BCUT2D eigenvalue weighted by Crippen LogP contribution is 2.33. The highest BCUT2D eigenvalue weighted by Gasteiger charge is 2.49. The third-order valence-electron chi connectivity index (χ3n) is 4.75. The third kappa shape index (κ3) is 3.73. The maximum atomic E-state index is 10.3. The van der Waals surface area contributed by atoms with Gasteiger partial charge < -0.3 is 50.0 Å². The van der Waals surface area contributed by atoms with Crippen LogP contribution in [-0.4, -0.2) is 111 Å². The maximum Gasteiger partial charge on any atom is 0.184 e. The summed E-state index contributed by atoms with van der Waals surface area (Å²) < 4.78 is 15.6. The summed E-state index contributed by atoms with van der Waals surface area (Å²) >= 11 is 0. The number of rotatable bonds is 5. The normalized spacial score (nSPS) is 50.0. The van der Waals surface area contributed by atoms with E-state index in [4.69, 9.17) is 14.2 Å². The number of hydrogen-bond acceptors (Lipinski definition) is 10. The van der Waals surface area contributed by atoms with Crippen LogP contribution in [0.2, 0.25) is 0 Å². The summed E-state index contributed by atoms with van der Waals surface area (Å²) in [4.78, 5) is 0. The highest BCUT2D eigenvalue weighted by atomic mass is 16.7. The lowest BCUT2D eigenvalue weighted by atomic mass is 9.81. The van der Waals surface area contributed by atoms with E-state index in [1.807, 2.05) is 0 Å². The molecule has 10 heteroatoms. The van der Waals surface area contributed by atoms with Gasteiger partial charge >= 0.3 is 0 Å². The minimum absolute atomic E-state index is 0.108. The molecular weight excluding hydrogens is 328 g/mol. The summed E-state index contributed by atoms with van der Waals surface area (Å²) in [6.45, 7) is -1.07. The number of hydrogen-bond donors (Lipinski definition) is 7.